The van der Waals surface area contributed by atoms with Crippen molar-refractivity contribution < 1.29 is 43.9 Å². The number of carboxylic acids is 1. The second-order valence-corrected chi connectivity index (χ2v) is 15.3. The van der Waals surface area contributed by atoms with Crippen molar-refractivity contribution in [3.05, 3.63) is 131 Å². The van der Waals surface area contributed by atoms with Gasteiger partial charge in [0.25, 0.3) is 0 Å². The summed E-state index contributed by atoms with van der Waals surface area (Å²) < 4.78 is 16.4. The molecule has 0 saturated carbocycles. The van der Waals surface area contributed by atoms with Crippen molar-refractivity contribution in [1.82, 2.24) is 0 Å². The van der Waals surface area contributed by atoms with Gasteiger partial charge < -0.3 is 29.5 Å². The van der Waals surface area contributed by atoms with Gasteiger partial charge in [-0.25, -0.2) is 9.59 Å². The van der Waals surface area contributed by atoms with E-state index in [9.17, 15) is 24.6 Å². The zero-order chi connectivity index (χ0) is 43.3. The molecule has 0 amide bonds. The Kier molecular flexibility index (Phi) is 27.1. The minimum atomic E-state index is -1.45. The van der Waals surface area contributed by atoms with E-state index in [2.05, 4.69) is 13.8 Å². The smallest absolute Gasteiger partial charge is 0.336 e. The van der Waals surface area contributed by atoms with Crippen LogP contribution >= 0.6 is 0 Å². The monoisotopic (exact) mass is 803 g/mol. The number of allylic oxidation sites excluding steroid dienone is 20. The van der Waals surface area contributed by atoms with Crippen LogP contribution in [0.15, 0.2) is 131 Å². The van der Waals surface area contributed by atoms with E-state index in [1.54, 1.807) is 38.2 Å². The largest absolute Gasteiger partial charge is 0.478 e. The van der Waals surface area contributed by atoms with E-state index in [1.165, 1.54) is 32.1 Å². The maximum Gasteiger partial charge on any atom is 0.336 e. The molecule has 9 heteroatoms. The molecule has 0 aromatic heterocycles. The third-order valence-electron chi connectivity index (χ3n) is 9.17. The van der Waals surface area contributed by atoms with E-state index in [4.69, 9.17) is 19.3 Å². The van der Waals surface area contributed by atoms with Crippen LogP contribution in [0.5, 0.6) is 0 Å². The summed E-state index contributed by atoms with van der Waals surface area (Å²) in [6.07, 6.45) is 34.8. The van der Waals surface area contributed by atoms with Gasteiger partial charge in [0.15, 0.2) is 6.10 Å². The van der Waals surface area contributed by atoms with Crippen LogP contribution in [0, 0.1) is 5.92 Å². The van der Waals surface area contributed by atoms with Crippen molar-refractivity contribution in [1.29, 1.82) is 0 Å². The van der Waals surface area contributed by atoms with Crippen LogP contribution in [-0.2, 0) is 28.6 Å². The first-order valence-corrected chi connectivity index (χ1v) is 20.6. The summed E-state index contributed by atoms with van der Waals surface area (Å²) in [5.74, 6) is -1.40. The third kappa shape index (κ3) is 24.9. The zero-order valence-corrected chi connectivity index (χ0v) is 36.2. The van der Waals surface area contributed by atoms with Crippen LogP contribution in [0.25, 0.3) is 0 Å². The zero-order valence-electron chi connectivity index (χ0n) is 36.2. The Morgan fingerprint density at radius 2 is 1.03 bits per heavy atom. The van der Waals surface area contributed by atoms with Gasteiger partial charge in [0, 0.05) is 17.6 Å². The fourth-order valence-electron chi connectivity index (χ4n) is 5.45. The molecular weight excluding hydrogens is 733 g/mol. The third-order valence-corrected chi connectivity index (χ3v) is 9.17. The molecule has 9 nitrogen and oxygen atoms in total. The number of carbonyl (C=O) groups is 3. The van der Waals surface area contributed by atoms with Crippen molar-refractivity contribution in [3.63, 3.8) is 0 Å². The van der Waals surface area contributed by atoms with Gasteiger partial charge in [-0.1, -0.05) is 185 Å². The fourth-order valence-corrected chi connectivity index (χ4v) is 5.45. The van der Waals surface area contributed by atoms with E-state index in [-0.39, 0.29) is 24.2 Å². The highest BCUT2D eigenvalue weighted by atomic mass is 16.7. The number of aliphatic hydroxyl groups excluding tert-OH is 2. The molecule has 0 aromatic rings. The summed E-state index contributed by atoms with van der Waals surface area (Å²) in [4.78, 5) is 36.3. The number of hydrogen-bond donors (Lipinski definition) is 3. The maximum atomic E-state index is 12.9. The average molecular weight is 803 g/mol. The summed E-state index contributed by atoms with van der Waals surface area (Å²) in [5, 5.41) is 29.6. The molecule has 3 N–H and O–H groups in total. The van der Waals surface area contributed by atoms with Crippen molar-refractivity contribution in [2.75, 3.05) is 6.61 Å². The van der Waals surface area contributed by atoms with Crippen LogP contribution in [0.4, 0.5) is 0 Å². The number of esters is 2. The van der Waals surface area contributed by atoms with E-state index in [0.717, 1.165) is 47.5 Å². The molecule has 320 valence electrons. The fraction of sp³-hybridized carbons (Fsp3) is 0.490. The first-order valence-electron chi connectivity index (χ1n) is 20.6. The number of aliphatic hydroxyl groups is 2. The average Bonchev–Trinajstić information content (AvgIpc) is 3.16. The molecule has 1 rings (SSSR count). The summed E-state index contributed by atoms with van der Waals surface area (Å²) in [7, 11) is 0. The Morgan fingerprint density at radius 3 is 1.52 bits per heavy atom. The molecule has 1 saturated heterocycles. The van der Waals surface area contributed by atoms with Gasteiger partial charge in [0.1, 0.15) is 12.2 Å². The van der Waals surface area contributed by atoms with Crippen molar-refractivity contribution in [2.24, 2.45) is 5.92 Å². The van der Waals surface area contributed by atoms with Crippen LogP contribution in [0.2, 0.25) is 0 Å². The molecule has 1 heterocycles. The summed E-state index contributed by atoms with van der Waals surface area (Å²) >= 11 is 0. The maximum absolute atomic E-state index is 12.9. The lowest BCUT2D eigenvalue weighted by atomic mass is 10.0. The summed E-state index contributed by atoms with van der Waals surface area (Å²) in [5.41, 5.74) is 4.64. The predicted molar refractivity (Wildman–Crippen MR) is 235 cm³/mol. The van der Waals surface area contributed by atoms with Gasteiger partial charge in [-0.15, -0.1) is 0 Å². The molecule has 0 aromatic carbocycles. The molecular formula is C49H70O9. The number of carbonyl (C=O) groups excluding carboxylic acids is 2. The Hall–Kier alpha value is -4.57. The van der Waals surface area contributed by atoms with Crippen molar-refractivity contribution >= 4 is 17.9 Å². The number of rotatable bonds is 25. The van der Waals surface area contributed by atoms with Gasteiger partial charge >= 0.3 is 17.9 Å². The first kappa shape index (κ1) is 51.4. The molecule has 1 aliphatic heterocycles. The molecule has 1 fully saturated rings. The molecule has 1 aliphatic rings. The lowest BCUT2D eigenvalue weighted by Gasteiger charge is -2.36. The Morgan fingerprint density at radius 1 is 0.603 bits per heavy atom. The highest BCUT2D eigenvalue weighted by Crippen LogP contribution is 2.22. The minimum Gasteiger partial charge on any atom is -0.478 e. The molecule has 58 heavy (non-hydrogen) atoms. The predicted octanol–water partition coefficient (Wildman–Crippen LogP) is 10.6. The van der Waals surface area contributed by atoms with Crippen LogP contribution in [-0.4, -0.2) is 64.4 Å². The van der Waals surface area contributed by atoms with Crippen molar-refractivity contribution in [2.45, 2.75) is 144 Å². The van der Waals surface area contributed by atoms with Gasteiger partial charge in [0.05, 0.1) is 6.61 Å². The van der Waals surface area contributed by atoms with Gasteiger partial charge in [0.2, 0.25) is 6.29 Å². The molecule has 0 aliphatic carbocycles. The van der Waals surface area contributed by atoms with Crippen LogP contribution in [0.3, 0.4) is 0 Å². The molecule has 0 spiro atoms. The number of carboxylic acid groups (broad SMARTS) is 1. The SMILES string of the molecule is CC(/C=C/C=C(C)/C=C/C=C(\C)C(=O)O)=C\C=C\C=C(C)\C=C\C=C(C)\C=C\C=C(/C)C(=O)O[C@@H]1OC[C@@H](O)[C@H](O)[C@H]1OC(=O)CCCCCCCCCCC(C)C. The van der Waals surface area contributed by atoms with E-state index in [0.29, 0.717) is 6.42 Å². The highest BCUT2D eigenvalue weighted by Gasteiger charge is 2.43. The first-order chi connectivity index (χ1) is 27.6. The standard InChI is InChI=1S/C49H70O9/c1-36(2)23-15-13-11-9-10-12-14-16-34-44(51)57-46-45(52)43(50)35-56-49(46)58-48(55)42(8)33-22-31-40(6)29-20-27-38(4)25-18-17-24-37(3)26-19-28-39(5)30-21-32-41(7)47(53)54/h17-22,24-33,36,43,45-46,49-50,52H,9-16,23,34-35H2,1-8H3,(H,53,54)/b18-17+,26-19+,27-20+,30-21+,31-22+,37-24+,38-25+,39-28+,40-29+,41-32+,42-33+/t43-,45+,46-,49+/m1/s1. The van der Waals surface area contributed by atoms with Gasteiger partial charge in [-0.2, -0.15) is 0 Å². The lowest BCUT2D eigenvalue weighted by molar-refractivity contribution is -0.267. The van der Waals surface area contributed by atoms with Crippen LogP contribution < -0.4 is 0 Å². The van der Waals surface area contributed by atoms with Gasteiger partial charge in [-0.3, -0.25) is 4.79 Å². The normalized spacial score (nSPS) is 20.8. The highest BCUT2D eigenvalue weighted by molar-refractivity contribution is 5.88. The number of aliphatic carboxylic acids is 1. The van der Waals surface area contributed by atoms with E-state index >= 15 is 0 Å². The quantitative estimate of drug-likeness (QED) is 0.0356. The van der Waals surface area contributed by atoms with E-state index < -0.39 is 42.5 Å². The van der Waals surface area contributed by atoms with E-state index in [1.807, 2.05) is 101 Å². The second kappa shape index (κ2) is 30.5. The van der Waals surface area contributed by atoms with Gasteiger partial charge in [-0.05, 0) is 53.9 Å². The minimum absolute atomic E-state index is 0.168. The molecule has 0 bridgehead atoms. The Labute approximate surface area is 348 Å². The number of unbranched alkanes of at least 4 members (excludes halogenated alkanes) is 7. The molecule has 4 atom stereocenters. The molecule has 0 radical (unpaired) electrons. The Balaban J connectivity index is 2.59. The lowest BCUT2D eigenvalue weighted by Crippen LogP contribution is -2.56. The Bertz CT molecular complexity index is 1620. The summed E-state index contributed by atoms with van der Waals surface area (Å²) in [6, 6.07) is 0. The summed E-state index contributed by atoms with van der Waals surface area (Å²) in [6.45, 7) is 15.3. The topological polar surface area (TPSA) is 140 Å². The molecule has 0 unspecified atom stereocenters. The van der Waals surface area contributed by atoms with Crippen LogP contribution in [0.1, 0.15) is 120 Å². The number of ether oxygens (including phenoxy) is 3. The second-order valence-electron chi connectivity index (χ2n) is 15.3. The number of hydrogen-bond acceptors (Lipinski definition) is 8. The van der Waals surface area contributed by atoms with Crippen molar-refractivity contribution in [3.8, 4) is 0 Å².